The Hall–Kier alpha value is -2.06. The van der Waals surface area contributed by atoms with Gasteiger partial charge in [-0.2, -0.15) is 0 Å². The monoisotopic (exact) mass is 422 g/mol. The minimum Gasteiger partial charge on any atom is -0.279 e. The molecule has 1 fully saturated rings. The number of nitrogens with one attached hydrogen (secondary N) is 1. The minimum absolute atomic E-state index is 0.125. The van der Waals surface area contributed by atoms with Crippen LogP contribution in [0.2, 0.25) is 0 Å². The molecule has 1 saturated heterocycles. The van der Waals surface area contributed by atoms with Crippen LogP contribution in [0.4, 0.5) is 11.4 Å². The zero-order chi connectivity index (χ0) is 20.7. The van der Waals surface area contributed by atoms with Crippen molar-refractivity contribution in [1.82, 2.24) is 0 Å². The van der Waals surface area contributed by atoms with Gasteiger partial charge in [0.25, 0.3) is 10.0 Å². The van der Waals surface area contributed by atoms with Gasteiger partial charge in [-0.3, -0.25) is 9.03 Å². The predicted molar refractivity (Wildman–Crippen MR) is 113 cm³/mol. The van der Waals surface area contributed by atoms with Crippen LogP contribution >= 0.6 is 0 Å². The largest absolute Gasteiger partial charge is 0.279 e. The van der Waals surface area contributed by atoms with E-state index in [1.54, 1.807) is 26.0 Å². The first-order chi connectivity index (χ1) is 13.0. The fraction of sp³-hybridized carbons (Fsp3) is 0.400. The summed E-state index contributed by atoms with van der Waals surface area (Å²) in [6.45, 7) is 7.58. The third-order valence-corrected chi connectivity index (χ3v) is 8.47. The van der Waals surface area contributed by atoms with Crippen molar-refractivity contribution in [3.05, 3.63) is 52.6 Å². The van der Waals surface area contributed by atoms with Gasteiger partial charge in [-0.1, -0.05) is 18.2 Å². The number of aryl methyl sites for hydroxylation is 4. The van der Waals surface area contributed by atoms with Gasteiger partial charge in [0.15, 0.2) is 0 Å². The summed E-state index contributed by atoms with van der Waals surface area (Å²) in [5, 5.41) is 0. The van der Waals surface area contributed by atoms with E-state index in [2.05, 4.69) is 4.72 Å². The Kier molecular flexibility index (Phi) is 5.46. The molecule has 0 atom stereocenters. The molecule has 8 heteroatoms. The van der Waals surface area contributed by atoms with E-state index >= 15 is 0 Å². The van der Waals surface area contributed by atoms with E-state index in [0.29, 0.717) is 35.5 Å². The van der Waals surface area contributed by atoms with Crippen LogP contribution in [-0.2, 0) is 20.0 Å². The van der Waals surface area contributed by atoms with Crippen molar-refractivity contribution in [2.45, 2.75) is 45.4 Å². The van der Waals surface area contributed by atoms with Gasteiger partial charge in [0.1, 0.15) is 0 Å². The normalized spacial score (nSPS) is 16.8. The highest BCUT2D eigenvalue weighted by Gasteiger charge is 2.29. The summed E-state index contributed by atoms with van der Waals surface area (Å²) < 4.78 is 55.1. The molecule has 0 radical (unpaired) electrons. The van der Waals surface area contributed by atoms with Crippen LogP contribution in [-0.4, -0.2) is 29.1 Å². The maximum absolute atomic E-state index is 13.1. The van der Waals surface area contributed by atoms with Gasteiger partial charge < -0.3 is 0 Å². The van der Waals surface area contributed by atoms with Gasteiger partial charge in [-0.25, -0.2) is 16.8 Å². The van der Waals surface area contributed by atoms with Crippen molar-refractivity contribution in [3.63, 3.8) is 0 Å². The molecule has 0 amide bonds. The lowest BCUT2D eigenvalue weighted by atomic mass is 10.1. The van der Waals surface area contributed by atoms with E-state index in [1.807, 2.05) is 32.0 Å². The summed E-state index contributed by atoms with van der Waals surface area (Å²) in [7, 11) is -7.16. The van der Waals surface area contributed by atoms with Crippen LogP contribution < -0.4 is 9.03 Å². The fourth-order valence-electron chi connectivity index (χ4n) is 3.56. The Morgan fingerprint density at radius 1 is 0.929 bits per heavy atom. The van der Waals surface area contributed by atoms with Crippen LogP contribution in [0.3, 0.4) is 0 Å². The van der Waals surface area contributed by atoms with E-state index in [9.17, 15) is 16.8 Å². The molecule has 0 unspecified atom stereocenters. The van der Waals surface area contributed by atoms with Crippen LogP contribution in [0.1, 0.15) is 35.1 Å². The number of hydrogen-bond donors (Lipinski definition) is 1. The Morgan fingerprint density at radius 3 is 2.18 bits per heavy atom. The Labute approximate surface area is 167 Å². The molecule has 0 saturated carbocycles. The van der Waals surface area contributed by atoms with Gasteiger partial charge >= 0.3 is 0 Å². The number of hydrogen-bond acceptors (Lipinski definition) is 4. The summed E-state index contributed by atoms with van der Waals surface area (Å²) in [5.74, 6) is 0.125. The fourth-order valence-corrected chi connectivity index (χ4v) is 6.77. The molecule has 2 aromatic carbocycles. The Bertz CT molecular complexity index is 1100. The van der Waals surface area contributed by atoms with Crippen molar-refractivity contribution < 1.29 is 16.8 Å². The quantitative estimate of drug-likeness (QED) is 0.815. The first-order valence-electron chi connectivity index (χ1n) is 9.23. The molecular formula is C20H26N2O4S2. The molecule has 1 aliphatic rings. The molecule has 0 aliphatic carbocycles. The molecule has 152 valence electrons. The maximum atomic E-state index is 13.1. The number of sulfonamides is 2. The molecule has 1 heterocycles. The SMILES string of the molecule is Cc1cc(S(=O)(=O)Nc2c(C)cccc2C)c(C)cc1N1CCCCS1(=O)=O. The summed E-state index contributed by atoms with van der Waals surface area (Å²) in [6.07, 6.45) is 1.45. The lowest BCUT2D eigenvalue weighted by Crippen LogP contribution is -2.38. The predicted octanol–water partition coefficient (Wildman–Crippen LogP) is 3.65. The summed E-state index contributed by atoms with van der Waals surface area (Å²) >= 11 is 0. The van der Waals surface area contributed by atoms with Gasteiger partial charge in [-0.15, -0.1) is 0 Å². The highest BCUT2D eigenvalue weighted by molar-refractivity contribution is 7.93. The summed E-state index contributed by atoms with van der Waals surface area (Å²) in [6, 6.07) is 8.81. The number of rotatable bonds is 4. The van der Waals surface area contributed by atoms with Crippen molar-refractivity contribution in [2.75, 3.05) is 21.3 Å². The van der Waals surface area contributed by atoms with E-state index in [0.717, 1.165) is 17.5 Å². The zero-order valence-electron chi connectivity index (χ0n) is 16.6. The van der Waals surface area contributed by atoms with E-state index in [1.165, 1.54) is 4.31 Å². The van der Waals surface area contributed by atoms with Crippen LogP contribution in [0.25, 0.3) is 0 Å². The second-order valence-corrected chi connectivity index (χ2v) is 11.0. The third kappa shape index (κ3) is 3.89. The van der Waals surface area contributed by atoms with Gasteiger partial charge in [0.05, 0.1) is 22.0 Å². The number of anilines is 2. The molecular weight excluding hydrogens is 396 g/mol. The van der Waals surface area contributed by atoms with Gasteiger partial charge in [0, 0.05) is 6.54 Å². The molecule has 0 bridgehead atoms. The smallest absolute Gasteiger partial charge is 0.262 e. The second kappa shape index (κ2) is 7.40. The lowest BCUT2D eigenvalue weighted by molar-refractivity contribution is 0.574. The lowest BCUT2D eigenvalue weighted by Gasteiger charge is -2.30. The molecule has 0 aromatic heterocycles. The van der Waals surface area contributed by atoms with Crippen LogP contribution in [0.5, 0.6) is 0 Å². The third-order valence-electron chi connectivity index (χ3n) is 5.12. The Balaban J connectivity index is 2.03. The van der Waals surface area contributed by atoms with E-state index < -0.39 is 20.0 Å². The summed E-state index contributed by atoms with van der Waals surface area (Å²) in [5.41, 5.74) is 3.95. The average Bonchev–Trinajstić information content (AvgIpc) is 2.60. The van der Waals surface area contributed by atoms with Crippen LogP contribution in [0, 0.1) is 27.7 Å². The maximum Gasteiger partial charge on any atom is 0.262 e. The Morgan fingerprint density at radius 2 is 1.57 bits per heavy atom. The molecule has 1 N–H and O–H groups in total. The molecule has 6 nitrogen and oxygen atoms in total. The molecule has 1 aliphatic heterocycles. The van der Waals surface area contributed by atoms with Crippen molar-refractivity contribution in [2.24, 2.45) is 0 Å². The molecule has 28 heavy (non-hydrogen) atoms. The molecule has 2 aromatic rings. The van der Waals surface area contributed by atoms with E-state index in [4.69, 9.17) is 0 Å². The average molecular weight is 423 g/mol. The van der Waals surface area contributed by atoms with Crippen molar-refractivity contribution in [3.8, 4) is 0 Å². The van der Waals surface area contributed by atoms with Gasteiger partial charge in [-0.05, 0) is 74.9 Å². The number of nitrogens with zero attached hydrogens (tertiary/aromatic N) is 1. The van der Waals surface area contributed by atoms with Crippen molar-refractivity contribution in [1.29, 1.82) is 0 Å². The highest BCUT2D eigenvalue weighted by Crippen LogP contribution is 2.32. The first-order valence-corrected chi connectivity index (χ1v) is 12.3. The molecule has 3 rings (SSSR count). The number of benzene rings is 2. The summed E-state index contributed by atoms with van der Waals surface area (Å²) in [4.78, 5) is 0.158. The molecule has 0 spiro atoms. The topological polar surface area (TPSA) is 83.6 Å². The highest BCUT2D eigenvalue weighted by atomic mass is 32.2. The number of para-hydroxylation sites is 1. The first kappa shape index (κ1) is 20.7. The zero-order valence-corrected chi connectivity index (χ0v) is 18.2. The van der Waals surface area contributed by atoms with Crippen LogP contribution in [0.15, 0.2) is 35.2 Å². The standard InChI is InChI=1S/C20H26N2O4S2/c1-14-8-7-9-15(2)20(14)21-28(25,26)19-13-16(3)18(12-17(19)4)22-10-5-6-11-27(22,23)24/h7-9,12-13,21H,5-6,10-11H2,1-4H3. The second-order valence-electron chi connectivity index (χ2n) is 7.37. The van der Waals surface area contributed by atoms with Gasteiger partial charge in [0.2, 0.25) is 10.0 Å². The minimum atomic E-state index is -3.81. The van der Waals surface area contributed by atoms with Crippen molar-refractivity contribution >= 4 is 31.4 Å². The van der Waals surface area contributed by atoms with E-state index in [-0.39, 0.29) is 10.6 Å².